The minimum atomic E-state index is -0.692. The molecule has 0 radical (unpaired) electrons. The van der Waals surface area contributed by atoms with Gasteiger partial charge in [-0.2, -0.15) is 0 Å². The van der Waals surface area contributed by atoms with Crippen LogP contribution in [0, 0.1) is 11.6 Å². The first kappa shape index (κ1) is 17.0. The topological polar surface area (TPSA) is 60.5 Å². The van der Waals surface area contributed by atoms with Gasteiger partial charge in [0.2, 0.25) is 0 Å². The van der Waals surface area contributed by atoms with Gasteiger partial charge in [-0.25, -0.2) is 8.78 Å². The molecule has 1 fully saturated rings. The van der Waals surface area contributed by atoms with Gasteiger partial charge in [-0.3, -0.25) is 9.69 Å². The molecular formula is C17H21F2N3O2. The van der Waals surface area contributed by atoms with Crippen LogP contribution in [0.15, 0.2) is 29.1 Å². The van der Waals surface area contributed by atoms with Crippen molar-refractivity contribution < 1.29 is 13.5 Å². The highest BCUT2D eigenvalue weighted by atomic mass is 19.1. The second kappa shape index (κ2) is 6.96. The van der Waals surface area contributed by atoms with Crippen molar-refractivity contribution in [1.82, 2.24) is 9.47 Å². The number of halogens is 2. The molecule has 5 nitrogen and oxygen atoms in total. The molecule has 0 unspecified atom stereocenters. The van der Waals surface area contributed by atoms with Gasteiger partial charge < -0.3 is 15.0 Å². The molecule has 130 valence electrons. The molecule has 2 aromatic rings. The Balaban J connectivity index is 1.83. The number of ether oxygens (including phenoxy) is 1. The third-order valence-electron chi connectivity index (χ3n) is 4.66. The Bertz CT molecular complexity index is 793. The molecule has 7 heteroatoms. The van der Waals surface area contributed by atoms with Crippen molar-refractivity contribution >= 4 is 10.9 Å². The van der Waals surface area contributed by atoms with Crippen LogP contribution in [0.5, 0.6) is 0 Å². The van der Waals surface area contributed by atoms with Crippen LogP contribution in [0.1, 0.15) is 6.42 Å². The largest absolute Gasteiger partial charge is 0.379 e. The van der Waals surface area contributed by atoms with Gasteiger partial charge in [0.1, 0.15) is 11.6 Å². The molecule has 2 heterocycles. The lowest BCUT2D eigenvalue weighted by Gasteiger charge is -2.36. The molecule has 2 atom stereocenters. The monoisotopic (exact) mass is 337 g/mol. The summed E-state index contributed by atoms with van der Waals surface area (Å²) in [6.45, 7) is 2.43. The number of fused-ring (bicyclic) bond motifs is 1. The zero-order valence-corrected chi connectivity index (χ0v) is 13.5. The Hall–Kier alpha value is -1.83. The Morgan fingerprint density at radius 3 is 2.83 bits per heavy atom. The zero-order valence-electron chi connectivity index (χ0n) is 13.5. The lowest BCUT2D eigenvalue weighted by Crippen LogP contribution is -2.52. The van der Waals surface area contributed by atoms with Crippen LogP contribution in [0.2, 0.25) is 0 Å². The molecule has 24 heavy (non-hydrogen) atoms. The van der Waals surface area contributed by atoms with E-state index in [0.29, 0.717) is 19.6 Å². The predicted molar refractivity (Wildman–Crippen MR) is 88.0 cm³/mol. The Labute approximate surface area is 138 Å². The van der Waals surface area contributed by atoms with Gasteiger partial charge in [-0.15, -0.1) is 0 Å². The van der Waals surface area contributed by atoms with Crippen LogP contribution < -0.4 is 11.3 Å². The minimum Gasteiger partial charge on any atom is -0.379 e. The zero-order chi connectivity index (χ0) is 17.3. The Morgan fingerprint density at radius 2 is 2.08 bits per heavy atom. The quantitative estimate of drug-likeness (QED) is 0.914. The molecular weight excluding hydrogens is 316 g/mol. The maximum atomic E-state index is 13.9. The number of methoxy groups -OCH3 is 1. The van der Waals surface area contributed by atoms with Gasteiger partial charge >= 0.3 is 0 Å². The number of benzene rings is 1. The van der Waals surface area contributed by atoms with Crippen molar-refractivity contribution in [2.75, 3.05) is 26.7 Å². The predicted octanol–water partition coefficient (Wildman–Crippen LogP) is 1.33. The molecule has 1 saturated heterocycles. The number of rotatable bonds is 4. The summed E-state index contributed by atoms with van der Waals surface area (Å²) in [4.78, 5) is 14.3. The molecule has 0 amide bonds. The first-order valence-corrected chi connectivity index (χ1v) is 7.99. The van der Waals surface area contributed by atoms with Crippen molar-refractivity contribution in [2.45, 2.75) is 25.1 Å². The van der Waals surface area contributed by atoms with E-state index >= 15 is 0 Å². The van der Waals surface area contributed by atoms with Gasteiger partial charge in [0.05, 0.1) is 11.6 Å². The second-order valence-electron chi connectivity index (χ2n) is 6.17. The third kappa shape index (κ3) is 3.33. The molecule has 0 saturated carbocycles. The number of hydrogen-bond donors (Lipinski definition) is 1. The van der Waals surface area contributed by atoms with Crippen molar-refractivity contribution in [2.24, 2.45) is 5.73 Å². The summed E-state index contributed by atoms with van der Waals surface area (Å²) in [6.07, 6.45) is 0.768. The summed E-state index contributed by atoms with van der Waals surface area (Å²) in [5, 5.41) is 0.242. The first-order valence-electron chi connectivity index (χ1n) is 7.99. The molecule has 0 bridgehead atoms. The van der Waals surface area contributed by atoms with E-state index in [0.717, 1.165) is 19.0 Å². The van der Waals surface area contributed by atoms with Crippen LogP contribution in [0.3, 0.4) is 0 Å². The van der Waals surface area contributed by atoms with E-state index in [1.165, 1.54) is 22.8 Å². The standard InChI is InChI=1S/C17H21F2N3O2/c1-24-16-10-21(5-4-14(16)20)6-7-22-15-9-11(18)8-13(19)12(15)2-3-17(22)23/h2-3,8-9,14,16H,4-7,10,20H2,1H3/t14-,16+/m0/s1. The van der Waals surface area contributed by atoms with E-state index in [4.69, 9.17) is 10.5 Å². The van der Waals surface area contributed by atoms with Crippen LogP contribution >= 0.6 is 0 Å². The Morgan fingerprint density at radius 1 is 1.29 bits per heavy atom. The summed E-state index contributed by atoms with van der Waals surface area (Å²) in [5.74, 6) is -1.36. The van der Waals surface area contributed by atoms with Crippen molar-refractivity contribution in [3.63, 3.8) is 0 Å². The number of nitrogens with two attached hydrogens (primary N) is 1. The molecule has 0 aliphatic carbocycles. The van der Waals surface area contributed by atoms with Gasteiger partial charge in [0, 0.05) is 50.3 Å². The van der Waals surface area contributed by atoms with Crippen LogP contribution in [-0.4, -0.2) is 48.4 Å². The summed E-state index contributed by atoms with van der Waals surface area (Å²) < 4.78 is 34.2. The first-order chi connectivity index (χ1) is 11.5. The van der Waals surface area contributed by atoms with Gasteiger partial charge in [0.15, 0.2) is 0 Å². The maximum Gasteiger partial charge on any atom is 0.251 e. The molecule has 1 aromatic carbocycles. The number of nitrogens with zero attached hydrogens (tertiary/aromatic N) is 2. The number of hydrogen-bond acceptors (Lipinski definition) is 4. The SMILES string of the molecule is CO[C@@H]1CN(CCn2c(=O)ccc3c(F)cc(F)cc32)CC[C@@H]1N. The average Bonchev–Trinajstić information content (AvgIpc) is 2.55. The molecule has 1 aliphatic rings. The third-order valence-corrected chi connectivity index (χ3v) is 4.66. The summed E-state index contributed by atoms with van der Waals surface area (Å²) in [6, 6.07) is 4.74. The highest BCUT2D eigenvalue weighted by Gasteiger charge is 2.26. The van der Waals surface area contributed by atoms with E-state index in [9.17, 15) is 13.6 Å². The fourth-order valence-electron chi connectivity index (χ4n) is 3.25. The minimum absolute atomic E-state index is 0.00900. The van der Waals surface area contributed by atoms with Crippen LogP contribution in [-0.2, 0) is 11.3 Å². The van der Waals surface area contributed by atoms with E-state index in [-0.39, 0.29) is 28.6 Å². The highest BCUT2D eigenvalue weighted by Crippen LogP contribution is 2.18. The molecule has 1 aliphatic heterocycles. The van der Waals surface area contributed by atoms with Gasteiger partial charge in [-0.1, -0.05) is 0 Å². The Kier molecular flexibility index (Phi) is 4.93. The summed E-state index contributed by atoms with van der Waals surface area (Å²) in [7, 11) is 1.63. The van der Waals surface area contributed by atoms with Crippen molar-refractivity contribution in [3.8, 4) is 0 Å². The summed E-state index contributed by atoms with van der Waals surface area (Å²) in [5.41, 5.74) is 6.00. The van der Waals surface area contributed by atoms with Crippen molar-refractivity contribution in [3.05, 3.63) is 46.3 Å². The molecule has 2 N–H and O–H groups in total. The normalized spacial score (nSPS) is 22.2. The lowest BCUT2D eigenvalue weighted by molar-refractivity contribution is 0.0158. The number of pyridine rings is 1. The van der Waals surface area contributed by atoms with E-state index < -0.39 is 11.6 Å². The van der Waals surface area contributed by atoms with Gasteiger partial charge in [-0.05, 0) is 25.1 Å². The summed E-state index contributed by atoms with van der Waals surface area (Å²) >= 11 is 0. The van der Waals surface area contributed by atoms with E-state index in [2.05, 4.69) is 4.90 Å². The van der Waals surface area contributed by atoms with Gasteiger partial charge in [0.25, 0.3) is 5.56 Å². The molecule has 0 spiro atoms. The average molecular weight is 337 g/mol. The van der Waals surface area contributed by atoms with Crippen LogP contribution in [0.25, 0.3) is 10.9 Å². The van der Waals surface area contributed by atoms with E-state index in [1.807, 2.05) is 0 Å². The fraction of sp³-hybridized carbons (Fsp3) is 0.471. The maximum absolute atomic E-state index is 13.9. The van der Waals surface area contributed by atoms with E-state index in [1.54, 1.807) is 7.11 Å². The second-order valence-corrected chi connectivity index (χ2v) is 6.17. The smallest absolute Gasteiger partial charge is 0.251 e. The molecule has 3 rings (SSSR count). The lowest BCUT2D eigenvalue weighted by atomic mass is 10.0. The number of piperidine rings is 1. The fourth-order valence-corrected chi connectivity index (χ4v) is 3.25. The van der Waals surface area contributed by atoms with Crippen LogP contribution in [0.4, 0.5) is 8.78 Å². The van der Waals surface area contributed by atoms with Crippen molar-refractivity contribution in [1.29, 1.82) is 0 Å². The highest BCUT2D eigenvalue weighted by molar-refractivity contribution is 5.79. The number of likely N-dealkylation sites (tertiary alicyclic amines) is 1. The molecule has 1 aromatic heterocycles. The number of aromatic nitrogens is 1.